The van der Waals surface area contributed by atoms with Gasteiger partial charge in [-0.2, -0.15) is 5.10 Å². The third-order valence-corrected chi connectivity index (χ3v) is 4.50. The fraction of sp³-hybridized carbons (Fsp3) is 0.562. The van der Waals surface area contributed by atoms with Crippen LogP contribution in [0, 0.1) is 0 Å². The quantitative estimate of drug-likeness (QED) is 0.614. The normalized spacial score (nSPS) is 19.0. The van der Waals surface area contributed by atoms with E-state index in [1.807, 2.05) is 27.7 Å². The van der Waals surface area contributed by atoms with Crippen LogP contribution < -0.4 is 5.32 Å². The molecule has 0 aliphatic carbocycles. The molecule has 0 unspecified atom stereocenters. The van der Waals surface area contributed by atoms with Gasteiger partial charge in [-0.25, -0.2) is 4.79 Å². The average Bonchev–Trinajstić information content (AvgIpc) is 3.04. The number of aromatic amines is 1. The van der Waals surface area contributed by atoms with Crippen molar-refractivity contribution >= 4 is 25.1 Å². The molecule has 1 aliphatic heterocycles. The van der Waals surface area contributed by atoms with Crippen molar-refractivity contribution < 1.29 is 23.6 Å². The van der Waals surface area contributed by atoms with Crippen LogP contribution in [0.4, 0.5) is 0 Å². The molecule has 1 aliphatic rings. The number of methoxy groups -OCH3 is 1. The van der Waals surface area contributed by atoms with Crippen LogP contribution in [0.3, 0.4) is 0 Å². The molecule has 0 saturated carbocycles. The van der Waals surface area contributed by atoms with E-state index in [0.29, 0.717) is 11.0 Å². The highest BCUT2D eigenvalue weighted by molar-refractivity contribution is 6.56. The summed E-state index contributed by atoms with van der Waals surface area (Å²) in [5.74, 6) is -0.709. The first-order chi connectivity index (χ1) is 11.6. The van der Waals surface area contributed by atoms with Gasteiger partial charge in [0.1, 0.15) is 0 Å². The molecule has 0 bridgehead atoms. The van der Waals surface area contributed by atoms with Crippen molar-refractivity contribution in [1.82, 2.24) is 15.5 Å². The number of nitrogens with one attached hydrogen (secondary N) is 2. The fourth-order valence-electron chi connectivity index (χ4n) is 2.29. The minimum absolute atomic E-state index is 0.178. The van der Waals surface area contributed by atoms with Gasteiger partial charge in [0.2, 0.25) is 5.91 Å². The van der Waals surface area contributed by atoms with Crippen LogP contribution in [0.1, 0.15) is 50.7 Å². The number of rotatable bonds is 5. The van der Waals surface area contributed by atoms with Gasteiger partial charge < -0.3 is 19.4 Å². The van der Waals surface area contributed by atoms with E-state index in [1.165, 1.54) is 20.2 Å². The van der Waals surface area contributed by atoms with Crippen molar-refractivity contribution in [3.8, 4) is 0 Å². The van der Waals surface area contributed by atoms with E-state index in [4.69, 9.17) is 14.0 Å². The first kappa shape index (κ1) is 19.2. The Bertz CT molecular complexity index is 680. The molecule has 9 heteroatoms. The Morgan fingerprint density at radius 2 is 1.92 bits per heavy atom. The number of ether oxygens (including phenoxy) is 1. The molecule has 0 aromatic carbocycles. The van der Waals surface area contributed by atoms with Crippen LogP contribution in [0.25, 0.3) is 6.08 Å². The summed E-state index contributed by atoms with van der Waals surface area (Å²) in [4.78, 5) is 23.1. The lowest BCUT2D eigenvalue weighted by Crippen LogP contribution is -2.41. The summed E-state index contributed by atoms with van der Waals surface area (Å²) < 4.78 is 16.8. The lowest BCUT2D eigenvalue weighted by molar-refractivity contribution is -0.118. The van der Waals surface area contributed by atoms with E-state index in [1.54, 1.807) is 6.08 Å². The topological polar surface area (TPSA) is 103 Å². The van der Waals surface area contributed by atoms with Crippen molar-refractivity contribution in [3.05, 3.63) is 22.9 Å². The smallest absolute Gasteiger partial charge is 0.464 e. The number of esters is 1. The van der Waals surface area contributed by atoms with Gasteiger partial charge in [0.15, 0.2) is 5.69 Å². The van der Waals surface area contributed by atoms with Gasteiger partial charge in [-0.3, -0.25) is 9.89 Å². The van der Waals surface area contributed by atoms with E-state index >= 15 is 0 Å². The molecule has 2 heterocycles. The van der Waals surface area contributed by atoms with E-state index in [2.05, 4.69) is 15.5 Å². The summed E-state index contributed by atoms with van der Waals surface area (Å²) in [6.07, 6.45) is 3.22. The molecule has 2 rings (SSSR count). The molecule has 1 fully saturated rings. The van der Waals surface area contributed by atoms with Gasteiger partial charge in [-0.15, -0.1) is 0 Å². The van der Waals surface area contributed by atoms with Crippen LogP contribution >= 0.6 is 0 Å². The number of carbonyl (C=O) groups is 2. The van der Waals surface area contributed by atoms with Gasteiger partial charge in [0, 0.05) is 19.0 Å². The molecule has 0 atom stereocenters. The third kappa shape index (κ3) is 4.11. The first-order valence-corrected chi connectivity index (χ1v) is 7.99. The van der Waals surface area contributed by atoms with Crippen LogP contribution in [0.5, 0.6) is 0 Å². The monoisotopic (exact) mass is 349 g/mol. The molecule has 0 spiro atoms. The summed E-state index contributed by atoms with van der Waals surface area (Å²) in [5.41, 5.74) is 0.380. The molecule has 2 N–H and O–H groups in total. The lowest BCUT2D eigenvalue weighted by atomic mass is 9.77. The average molecular weight is 349 g/mol. The molecule has 0 radical (unpaired) electrons. The largest absolute Gasteiger partial charge is 0.492 e. The molecular weight excluding hydrogens is 325 g/mol. The maximum Gasteiger partial charge on any atom is 0.492 e. The molecule has 1 aromatic rings. The van der Waals surface area contributed by atoms with Gasteiger partial charge in [-0.1, -0.05) is 6.08 Å². The standard InChI is InChI=1S/C16H24BN3O5/c1-10(21)18-9-12(17-24-15(2,3)16(4,5)25-17)7-11-8-19-20-13(11)14(22)23-6/h7-8H,9H2,1-6H3,(H,18,21)(H,19,20). The maximum atomic E-state index is 11.8. The van der Waals surface area contributed by atoms with Crippen molar-refractivity contribution in [2.24, 2.45) is 0 Å². The third-order valence-electron chi connectivity index (χ3n) is 4.50. The molecule has 1 saturated heterocycles. The van der Waals surface area contributed by atoms with Crippen molar-refractivity contribution in [2.75, 3.05) is 13.7 Å². The van der Waals surface area contributed by atoms with Gasteiger partial charge in [0.05, 0.1) is 24.5 Å². The molecule has 136 valence electrons. The summed E-state index contributed by atoms with van der Waals surface area (Å²) in [6, 6.07) is 0. The SMILES string of the molecule is COC(=O)c1[nH]ncc1C=C(CNC(C)=O)B1OC(C)(C)C(C)(C)O1. The fourth-order valence-corrected chi connectivity index (χ4v) is 2.29. The summed E-state index contributed by atoms with van der Waals surface area (Å²) in [7, 11) is 0.639. The molecular formula is C16H24BN3O5. The Morgan fingerprint density at radius 3 is 2.44 bits per heavy atom. The summed E-state index contributed by atoms with van der Waals surface area (Å²) in [6.45, 7) is 9.43. The highest BCUT2D eigenvalue weighted by Gasteiger charge is 2.52. The number of H-pyrrole nitrogens is 1. The second-order valence-electron chi connectivity index (χ2n) is 6.91. The van der Waals surface area contributed by atoms with Gasteiger partial charge in [0.25, 0.3) is 0 Å². The number of nitrogens with zero attached hydrogens (tertiary/aromatic N) is 1. The molecule has 1 amide bonds. The molecule has 1 aromatic heterocycles. The minimum Gasteiger partial charge on any atom is -0.464 e. The van der Waals surface area contributed by atoms with Gasteiger partial charge in [-0.05, 0) is 33.2 Å². The minimum atomic E-state index is -0.655. The number of hydrogen-bond donors (Lipinski definition) is 2. The zero-order valence-electron chi connectivity index (χ0n) is 15.4. The van der Waals surface area contributed by atoms with Gasteiger partial charge >= 0.3 is 13.1 Å². The Morgan fingerprint density at radius 1 is 1.32 bits per heavy atom. The Hall–Kier alpha value is -2.13. The first-order valence-electron chi connectivity index (χ1n) is 7.99. The van der Waals surface area contributed by atoms with E-state index in [9.17, 15) is 9.59 Å². The zero-order chi connectivity index (χ0) is 18.8. The zero-order valence-corrected chi connectivity index (χ0v) is 15.4. The van der Waals surface area contributed by atoms with E-state index in [0.717, 1.165) is 0 Å². The molecule has 8 nitrogen and oxygen atoms in total. The number of aromatic nitrogens is 2. The van der Waals surface area contributed by atoms with Crippen LogP contribution in [-0.2, 0) is 18.8 Å². The summed E-state index contributed by atoms with van der Waals surface area (Å²) >= 11 is 0. The van der Waals surface area contributed by atoms with Crippen molar-refractivity contribution in [1.29, 1.82) is 0 Å². The van der Waals surface area contributed by atoms with Crippen LogP contribution in [0.15, 0.2) is 11.7 Å². The van der Waals surface area contributed by atoms with Crippen molar-refractivity contribution in [3.63, 3.8) is 0 Å². The maximum absolute atomic E-state index is 11.8. The lowest BCUT2D eigenvalue weighted by Gasteiger charge is -2.32. The van der Waals surface area contributed by atoms with Crippen LogP contribution in [0.2, 0.25) is 0 Å². The van der Waals surface area contributed by atoms with Crippen LogP contribution in [-0.4, -0.2) is 54.0 Å². The Labute approximate surface area is 147 Å². The van der Waals surface area contributed by atoms with Crippen molar-refractivity contribution in [2.45, 2.75) is 45.8 Å². The second-order valence-corrected chi connectivity index (χ2v) is 6.91. The molecule has 25 heavy (non-hydrogen) atoms. The number of carbonyl (C=O) groups excluding carboxylic acids is 2. The van der Waals surface area contributed by atoms with E-state index in [-0.39, 0.29) is 18.1 Å². The second kappa shape index (κ2) is 7.01. The van der Waals surface area contributed by atoms with E-state index < -0.39 is 24.3 Å². The predicted octanol–water partition coefficient (Wildman–Crippen LogP) is 1.35. The Balaban J connectivity index is 2.36. The number of amides is 1. The highest BCUT2D eigenvalue weighted by atomic mass is 16.7. The number of hydrogen-bond acceptors (Lipinski definition) is 6. The Kier molecular flexibility index (Phi) is 5.38. The predicted molar refractivity (Wildman–Crippen MR) is 92.7 cm³/mol. The highest BCUT2D eigenvalue weighted by Crippen LogP contribution is 2.38. The summed E-state index contributed by atoms with van der Waals surface area (Å²) in [5, 5.41) is 9.23.